The Kier molecular flexibility index (Phi) is 6.99. The summed E-state index contributed by atoms with van der Waals surface area (Å²) < 4.78 is 12.0. The number of carbonyl (C=O) groups is 1. The summed E-state index contributed by atoms with van der Waals surface area (Å²) in [5.41, 5.74) is 1.10. The minimum atomic E-state index is -0.828. The number of aliphatic hydroxyl groups is 1. The van der Waals surface area contributed by atoms with Crippen molar-refractivity contribution < 1.29 is 19.4 Å². The van der Waals surface area contributed by atoms with Crippen LogP contribution >= 0.6 is 0 Å². The van der Waals surface area contributed by atoms with Crippen molar-refractivity contribution in [3.8, 4) is 11.5 Å². The number of benzene rings is 2. The lowest BCUT2D eigenvalue weighted by Crippen LogP contribution is -2.30. The summed E-state index contributed by atoms with van der Waals surface area (Å²) in [7, 11) is 3.11. The number of hydrogen-bond donors (Lipinski definition) is 2. The maximum absolute atomic E-state index is 13.1. The second-order valence-electron chi connectivity index (χ2n) is 8.52. The lowest BCUT2D eigenvalue weighted by Gasteiger charge is -2.28. The Morgan fingerprint density at radius 2 is 1.82 bits per heavy atom. The van der Waals surface area contributed by atoms with E-state index >= 15 is 0 Å². The van der Waals surface area contributed by atoms with Gasteiger partial charge in [-0.15, -0.1) is 0 Å². The van der Waals surface area contributed by atoms with Gasteiger partial charge < -0.3 is 19.9 Å². The van der Waals surface area contributed by atoms with Gasteiger partial charge in [0.25, 0.3) is 5.56 Å². The standard InChI is InChI=1S/C26H30N2O5/c1-32-22-12-11-17(15-23(22)33-2)16-24(29)27-21-10-6-9-20-19(21)13-14-28(26(20)31)25(30)18-7-4-3-5-8-18/h6,9-15,18,25,30H,3-5,7-8,16H2,1-2H3,(H,27,29). The van der Waals surface area contributed by atoms with Crippen molar-refractivity contribution in [2.45, 2.75) is 44.8 Å². The molecule has 174 valence electrons. The van der Waals surface area contributed by atoms with Crippen molar-refractivity contribution in [2.24, 2.45) is 5.92 Å². The number of methoxy groups -OCH3 is 2. The Bertz CT molecular complexity index is 1200. The van der Waals surface area contributed by atoms with Gasteiger partial charge in [-0.25, -0.2) is 0 Å². The SMILES string of the molecule is COc1ccc(CC(=O)Nc2cccc3c(=O)n(C(O)C4CCCCC4)ccc23)cc1OC. The number of nitrogens with one attached hydrogen (secondary N) is 1. The smallest absolute Gasteiger partial charge is 0.260 e. The van der Waals surface area contributed by atoms with Crippen molar-refractivity contribution in [3.63, 3.8) is 0 Å². The highest BCUT2D eigenvalue weighted by Gasteiger charge is 2.24. The van der Waals surface area contributed by atoms with Crippen LogP contribution in [0.5, 0.6) is 11.5 Å². The van der Waals surface area contributed by atoms with Gasteiger partial charge in [0.15, 0.2) is 11.5 Å². The fraction of sp³-hybridized carbons (Fsp3) is 0.385. The molecule has 1 unspecified atom stereocenters. The molecule has 1 aromatic heterocycles. The maximum Gasteiger partial charge on any atom is 0.260 e. The van der Waals surface area contributed by atoms with Crippen molar-refractivity contribution >= 4 is 22.4 Å². The molecule has 1 amide bonds. The molecule has 0 bridgehead atoms. The van der Waals surface area contributed by atoms with Crippen LogP contribution in [0.3, 0.4) is 0 Å². The van der Waals surface area contributed by atoms with Crippen LogP contribution in [0.4, 0.5) is 5.69 Å². The number of pyridine rings is 1. The van der Waals surface area contributed by atoms with E-state index in [1.807, 2.05) is 6.07 Å². The molecule has 1 atom stereocenters. The van der Waals surface area contributed by atoms with Gasteiger partial charge >= 0.3 is 0 Å². The molecule has 33 heavy (non-hydrogen) atoms. The van der Waals surface area contributed by atoms with E-state index in [0.29, 0.717) is 28.0 Å². The molecule has 1 heterocycles. The van der Waals surface area contributed by atoms with E-state index in [2.05, 4.69) is 5.32 Å². The predicted molar refractivity (Wildman–Crippen MR) is 128 cm³/mol. The Hall–Kier alpha value is -3.32. The van der Waals surface area contributed by atoms with E-state index in [1.54, 1.807) is 56.8 Å². The summed E-state index contributed by atoms with van der Waals surface area (Å²) in [6.07, 6.45) is 6.16. The predicted octanol–water partition coefficient (Wildman–Crippen LogP) is 4.27. The molecular weight excluding hydrogens is 420 g/mol. The first-order chi connectivity index (χ1) is 16.0. The average Bonchev–Trinajstić information content (AvgIpc) is 2.84. The fourth-order valence-corrected chi connectivity index (χ4v) is 4.64. The third kappa shape index (κ3) is 4.88. The van der Waals surface area contributed by atoms with Crippen molar-refractivity contribution in [1.29, 1.82) is 0 Å². The molecule has 1 saturated carbocycles. The first-order valence-corrected chi connectivity index (χ1v) is 11.3. The zero-order valence-corrected chi connectivity index (χ0v) is 19.0. The van der Waals surface area contributed by atoms with Gasteiger partial charge in [-0.05, 0) is 48.7 Å². The molecule has 7 nitrogen and oxygen atoms in total. The lowest BCUT2D eigenvalue weighted by atomic mass is 9.88. The molecule has 3 aromatic rings. The van der Waals surface area contributed by atoms with Gasteiger partial charge in [-0.3, -0.25) is 14.2 Å². The first-order valence-electron chi connectivity index (χ1n) is 11.3. The summed E-state index contributed by atoms with van der Waals surface area (Å²) in [5, 5.41) is 14.9. The summed E-state index contributed by atoms with van der Waals surface area (Å²) in [5.74, 6) is 1.05. The summed E-state index contributed by atoms with van der Waals surface area (Å²) in [6, 6.07) is 12.4. The van der Waals surface area contributed by atoms with E-state index < -0.39 is 6.23 Å². The normalized spacial score (nSPS) is 15.2. The molecule has 2 N–H and O–H groups in total. The van der Waals surface area contributed by atoms with Crippen molar-refractivity contribution in [1.82, 2.24) is 4.57 Å². The van der Waals surface area contributed by atoms with Crippen LogP contribution in [0.15, 0.2) is 53.5 Å². The number of amides is 1. The van der Waals surface area contributed by atoms with Crippen LogP contribution in [0.2, 0.25) is 0 Å². The van der Waals surface area contributed by atoms with Gasteiger partial charge in [0.1, 0.15) is 6.23 Å². The molecule has 0 radical (unpaired) electrons. The number of fused-ring (bicyclic) bond motifs is 1. The highest BCUT2D eigenvalue weighted by molar-refractivity contribution is 6.02. The number of rotatable bonds is 7. The van der Waals surface area contributed by atoms with Crippen LogP contribution in [-0.4, -0.2) is 29.8 Å². The molecule has 7 heteroatoms. The fourth-order valence-electron chi connectivity index (χ4n) is 4.64. The van der Waals surface area contributed by atoms with E-state index in [4.69, 9.17) is 9.47 Å². The Morgan fingerprint density at radius 3 is 2.55 bits per heavy atom. The van der Waals surface area contributed by atoms with Crippen LogP contribution < -0.4 is 20.3 Å². The Balaban J connectivity index is 1.55. The van der Waals surface area contributed by atoms with Crippen LogP contribution in [0.1, 0.15) is 43.9 Å². The lowest BCUT2D eigenvalue weighted by molar-refractivity contribution is -0.115. The largest absolute Gasteiger partial charge is 0.493 e. The van der Waals surface area contributed by atoms with Gasteiger partial charge in [-0.1, -0.05) is 31.4 Å². The monoisotopic (exact) mass is 450 g/mol. The highest BCUT2D eigenvalue weighted by atomic mass is 16.5. The first kappa shape index (κ1) is 22.9. The summed E-state index contributed by atoms with van der Waals surface area (Å²) in [6.45, 7) is 0. The molecule has 0 aliphatic heterocycles. The molecule has 0 saturated heterocycles. The zero-order chi connectivity index (χ0) is 23.4. The van der Waals surface area contributed by atoms with Crippen LogP contribution in [0, 0.1) is 5.92 Å². The quantitative estimate of drug-likeness (QED) is 0.561. The zero-order valence-electron chi connectivity index (χ0n) is 19.0. The molecule has 1 aliphatic carbocycles. The molecule has 2 aromatic carbocycles. The number of nitrogens with zero attached hydrogens (tertiary/aromatic N) is 1. The second-order valence-corrected chi connectivity index (χ2v) is 8.52. The number of hydrogen-bond acceptors (Lipinski definition) is 5. The molecule has 1 fully saturated rings. The van der Waals surface area contributed by atoms with Gasteiger partial charge in [0.05, 0.1) is 20.6 Å². The number of aromatic nitrogens is 1. The van der Waals surface area contributed by atoms with Crippen molar-refractivity contribution in [3.05, 3.63) is 64.6 Å². The summed E-state index contributed by atoms with van der Waals surface area (Å²) >= 11 is 0. The van der Waals surface area contributed by atoms with Crippen molar-refractivity contribution in [2.75, 3.05) is 19.5 Å². The van der Waals surface area contributed by atoms with E-state index in [1.165, 1.54) is 11.0 Å². The number of aliphatic hydroxyl groups excluding tert-OH is 1. The van der Waals surface area contributed by atoms with E-state index in [0.717, 1.165) is 31.2 Å². The third-order valence-corrected chi connectivity index (χ3v) is 6.42. The molecule has 4 rings (SSSR count). The number of anilines is 1. The Labute approximate surface area is 193 Å². The molecule has 1 aliphatic rings. The highest BCUT2D eigenvalue weighted by Crippen LogP contribution is 2.32. The van der Waals surface area contributed by atoms with Crippen LogP contribution in [-0.2, 0) is 11.2 Å². The van der Waals surface area contributed by atoms with Gasteiger partial charge in [0.2, 0.25) is 5.91 Å². The third-order valence-electron chi connectivity index (χ3n) is 6.42. The second kappa shape index (κ2) is 10.1. The van der Waals surface area contributed by atoms with Crippen LogP contribution in [0.25, 0.3) is 10.8 Å². The summed E-state index contributed by atoms with van der Waals surface area (Å²) in [4.78, 5) is 25.9. The average molecular weight is 451 g/mol. The van der Waals surface area contributed by atoms with Gasteiger partial charge in [-0.2, -0.15) is 0 Å². The molecular formula is C26H30N2O5. The Morgan fingerprint density at radius 1 is 1.06 bits per heavy atom. The van der Waals surface area contributed by atoms with E-state index in [9.17, 15) is 14.7 Å². The number of ether oxygens (including phenoxy) is 2. The van der Waals surface area contributed by atoms with E-state index in [-0.39, 0.29) is 23.8 Å². The minimum Gasteiger partial charge on any atom is -0.493 e. The topological polar surface area (TPSA) is 89.8 Å². The minimum absolute atomic E-state index is 0.0956. The van der Waals surface area contributed by atoms with Gasteiger partial charge in [0, 0.05) is 28.6 Å². The number of carbonyl (C=O) groups excluding carboxylic acids is 1. The molecule has 0 spiro atoms. The maximum atomic E-state index is 13.1.